The number of imidazole rings is 1. The van der Waals surface area contributed by atoms with Crippen LogP contribution in [0.1, 0.15) is 21.7 Å². The van der Waals surface area contributed by atoms with Crippen LogP contribution in [0.5, 0.6) is 0 Å². The normalized spacial score (nSPS) is 14.7. The zero-order chi connectivity index (χ0) is 13.7. The molecule has 0 unspecified atom stereocenters. The van der Waals surface area contributed by atoms with Gasteiger partial charge in [0.25, 0.3) is 0 Å². The maximum Gasteiger partial charge on any atom is 0.194 e. The molecule has 0 saturated carbocycles. The van der Waals surface area contributed by atoms with Gasteiger partial charge < -0.3 is 5.32 Å². The molecule has 2 aromatic heterocycles. The molecule has 1 N–H and O–H groups in total. The molecule has 20 heavy (non-hydrogen) atoms. The van der Waals surface area contributed by atoms with E-state index in [0.29, 0.717) is 0 Å². The number of fused-ring (bicyclic) bond motifs is 3. The van der Waals surface area contributed by atoms with Gasteiger partial charge >= 0.3 is 0 Å². The van der Waals surface area contributed by atoms with Crippen LogP contribution in [0.2, 0.25) is 0 Å². The van der Waals surface area contributed by atoms with Crippen molar-refractivity contribution in [3.8, 4) is 11.3 Å². The molecule has 0 aliphatic carbocycles. The summed E-state index contributed by atoms with van der Waals surface area (Å²) in [6.45, 7) is 6.35. The van der Waals surface area contributed by atoms with Crippen LogP contribution in [0, 0.1) is 13.8 Å². The Kier molecular flexibility index (Phi) is 2.69. The van der Waals surface area contributed by atoms with Crippen molar-refractivity contribution in [2.24, 2.45) is 0 Å². The quantitative estimate of drug-likeness (QED) is 0.742. The number of thiazole rings is 1. The lowest BCUT2D eigenvalue weighted by Gasteiger charge is -2.11. The standard InChI is InChI=1S/C16H17N3S/c1-10-3-4-12(11(2)7-10)13-9-19-14-5-6-17-8-15(14)20-16(19)18-13/h3-4,7,9,17H,5-6,8H2,1-2H3. The Morgan fingerprint density at radius 1 is 1.30 bits per heavy atom. The molecule has 1 aromatic carbocycles. The molecule has 0 saturated heterocycles. The molecular formula is C16H17N3S. The molecule has 3 heterocycles. The SMILES string of the molecule is Cc1ccc(-c2cn3c4c(sc3n2)CNCC4)c(C)c1. The fraction of sp³-hybridized carbons (Fsp3) is 0.312. The van der Waals surface area contributed by atoms with Crippen LogP contribution in [-0.2, 0) is 13.0 Å². The van der Waals surface area contributed by atoms with E-state index in [2.05, 4.69) is 48.0 Å². The van der Waals surface area contributed by atoms with Crippen LogP contribution in [0.4, 0.5) is 0 Å². The third-order valence-corrected chi connectivity index (χ3v) is 5.08. The van der Waals surface area contributed by atoms with E-state index in [1.54, 1.807) is 0 Å². The third-order valence-electron chi connectivity index (χ3n) is 3.98. The van der Waals surface area contributed by atoms with Gasteiger partial charge in [0.1, 0.15) is 0 Å². The molecule has 3 aromatic rings. The summed E-state index contributed by atoms with van der Waals surface area (Å²) in [6, 6.07) is 6.57. The number of rotatable bonds is 1. The zero-order valence-corrected chi connectivity index (χ0v) is 12.5. The highest BCUT2D eigenvalue weighted by Crippen LogP contribution is 2.30. The lowest BCUT2D eigenvalue weighted by molar-refractivity contribution is 0.638. The average molecular weight is 283 g/mol. The minimum absolute atomic E-state index is 0.988. The summed E-state index contributed by atoms with van der Waals surface area (Å²) in [7, 11) is 0. The summed E-state index contributed by atoms with van der Waals surface area (Å²) in [6.07, 6.45) is 3.30. The van der Waals surface area contributed by atoms with Gasteiger partial charge in [-0.2, -0.15) is 0 Å². The van der Waals surface area contributed by atoms with E-state index in [4.69, 9.17) is 4.98 Å². The van der Waals surface area contributed by atoms with Crippen molar-refractivity contribution in [1.82, 2.24) is 14.7 Å². The highest BCUT2D eigenvalue weighted by molar-refractivity contribution is 7.17. The molecule has 1 aliphatic rings. The lowest BCUT2D eigenvalue weighted by Crippen LogP contribution is -2.23. The second kappa shape index (κ2) is 4.43. The summed E-state index contributed by atoms with van der Waals surface area (Å²) in [5.74, 6) is 0. The van der Waals surface area contributed by atoms with Gasteiger partial charge in [0.15, 0.2) is 4.96 Å². The fourth-order valence-corrected chi connectivity index (χ4v) is 4.09. The van der Waals surface area contributed by atoms with E-state index in [1.807, 2.05) is 11.3 Å². The van der Waals surface area contributed by atoms with Crippen molar-refractivity contribution in [1.29, 1.82) is 0 Å². The van der Waals surface area contributed by atoms with Crippen molar-refractivity contribution < 1.29 is 0 Å². The molecule has 1 aliphatic heterocycles. The number of benzene rings is 1. The van der Waals surface area contributed by atoms with Gasteiger partial charge in [0, 0.05) is 41.8 Å². The van der Waals surface area contributed by atoms with E-state index in [1.165, 1.54) is 27.3 Å². The topological polar surface area (TPSA) is 29.3 Å². The van der Waals surface area contributed by atoms with Crippen LogP contribution in [0.3, 0.4) is 0 Å². The third kappa shape index (κ3) is 1.79. The number of nitrogens with zero attached hydrogens (tertiary/aromatic N) is 2. The molecule has 102 valence electrons. The Bertz CT molecular complexity index is 798. The van der Waals surface area contributed by atoms with E-state index in [0.717, 1.165) is 30.2 Å². The number of hydrogen-bond acceptors (Lipinski definition) is 3. The van der Waals surface area contributed by atoms with Crippen LogP contribution in [0.25, 0.3) is 16.2 Å². The van der Waals surface area contributed by atoms with Crippen molar-refractivity contribution in [3.05, 3.63) is 46.1 Å². The first-order chi connectivity index (χ1) is 9.72. The Balaban J connectivity index is 1.87. The van der Waals surface area contributed by atoms with Crippen molar-refractivity contribution in [2.75, 3.05) is 6.54 Å². The number of hydrogen-bond donors (Lipinski definition) is 1. The largest absolute Gasteiger partial charge is 0.311 e. The summed E-state index contributed by atoms with van der Waals surface area (Å²) >= 11 is 1.81. The molecule has 0 atom stereocenters. The predicted octanol–water partition coefficient (Wildman–Crippen LogP) is 3.33. The average Bonchev–Trinajstić information content (AvgIpc) is 2.96. The molecule has 0 bridgehead atoms. The molecule has 4 heteroatoms. The fourth-order valence-electron chi connectivity index (χ4n) is 2.97. The lowest BCUT2D eigenvalue weighted by atomic mass is 10.0. The van der Waals surface area contributed by atoms with E-state index in [-0.39, 0.29) is 0 Å². The highest BCUT2D eigenvalue weighted by Gasteiger charge is 2.18. The Hall–Kier alpha value is -1.65. The minimum atomic E-state index is 0.988. The summed E-state index contributed by atoms with van der Waals surface area (Å²) in [4.78, 5) is 7.39. The van der Waals surface area contributed by atoms with Crippen molar-refractivity contribution in [2.45, 2.75) is 26.8 Å². The van der Waals surface area contributed by atoms with Gasteiger partial charge in [-0.3, -0.25) is 4.40 Å². The first kappa shape index (κ1) is 12.1. The maximum atomic E-state index is 4.83. The predicted molar refractivity (Wildman–Crippen MR) is 83.4 cm³/mol. The van der Waals surface area contributed by atoms with Gasteiger partial charge in [-0.05, 0) is 19.4 Å². The van der Waals surface area contributed by atoms with E-state index in [9.17, 15) is 0 Å². The number of aryl methyl sites for hydroxylation is 2. The second-order valence-electron chi connectivity index (χ2n) is 5.50. The molecule has 0 spiro atoms. The summed E-state index contributed by atoms with van der Waals surface area (Å²) in [5.41, 5.74) is 6.37. The molecule has 3 nitrogen and oxygen atoms in total. The van der Waals surface area contributed by atoms with Crippen molar-refractivity contribution >= 4 is 16.3 Å². The highest BCUT2D eigenvalue weighted by atomic mass is 32.1. The molecule has 0 radical (unpaired) electrons. The minimum Gasteiger partial charge on any atom is -0.311 e. The van der Waals surface area contributed by atoms with Crippen LogP contribution in [-0.4, -0.2) is 15.9 Å². The maximum absolute atomic E-state index is 4.83. The van der Waals surface area contributed by atoms with Crippen LogP contribution >= 0.6 is 11.3 Å². The number of nitrogens with one attached hydrogen (secondary N) is 1. The zero-order valence-electron chi connectivity index (χ0n) is 11.7. The van der Waals surface area contributed by atoms with Gasteiger partial charge in [-0.15, -0.1) is 0 Å². The van der Waals surface area contributed by atoms with E-state index >= 15 is 0 Å². The monoisotopic (exact) mass is 283 g/mol. The van der Waals surface area contributed by atoms with Crippen LogP contribution < -0.4 is 5.32 Å². The smallest absolute Gasteiger partial charge is 0.194 e. The van der Waals surface area contributed by atoms with Crippen molar-refractivity contribution in [3.63, 3.8) is 0 Å². The Morgan fingerprint density at radius 2 is 2.20 bits per heavy atom. The van der Waals surface area contributed by atoms with Gasteiger partial charge in [0.2, 0.25) is 0 Å². The second-order valence-corrected chi connectivity index (χ2v) is 6.56. The Labute approximate surface area is 122 Å². The van der Waals surface area contributed by atoms with E-state index < -0.39 is 0 Å². The molecule has 0 amide bonds. The number of aromatic nitrogens is 2. The molecule has 0 fully saturated rings. The molecule has 4 rings (SSSR count). The Morgan fingerprint density at radius 3 is 3.05 bits per heavy atom. The summed E-state index contributed by atoms with van der Waals surface area (Å²) in [5, 5.41) is 3.42. The summed E-state index contributed by atoms with van der Waals surface area (Å²) < 4.78 is 2.29. The van der Waals surface area contributed by atoms with Gasteiger partial charge in [-0.25, -0.2) is 4.98 Å². The first-order valence-electron chi connectivity index (χ1n) is 7.00. The molecular weight excluding hydrogens is 266 g/mol. The van der Waals surface area contributed by atoms with Gasteiger partial charge in [-0.1, -0.05) is 35.1 Å². The van der Waals surface area contributed by atoms with Gasteiger partial charge in [0.05, 0.1) is 5.69 Å². The first-order valence-corrected chi connectivity index (χ1v) is 7.82. The van der Waals surface area contributed by atoms with Crippen LogP contribution in [0.15, 0.2) is 24.4 Å².